The molecular formula is C10H17NO5. The van der Waals surface area contributed by atoms with Crippen LogP contribution in [0.15, 0.2) is 0 Å². The highest BCUT2D eigenvalue weighted by Gasteiger charge is 2.39. The first-order valence-corrected chi connectivity index (χ1v) is 5.17. The summed E-state index contributed by atoms with van der Waals surface area (Å²) in [6, 6.07) is -0.651. The smallest absolute Gasteiger partial charge is 0.310 e. The minimum atomic E-state index is -0.828. The number of carbonyl (C=O) groups excluding carboxylic acids is 2. The second kappa shape index (κ2) is 5.27. The van der Waals surface area contributed by atoms with Crippen LogP contribution in [-0.4, -0.2) is 59.4 Å². The fourth-order valence-electron chi connectivity index (χ4n) is 1.89. The number of methoxy groups -OCH3 is 1. The highest BCUT2D eigenvalue weighted by atomic mass is 16.5. The standard InChI is InChI=1S/C10H17NO5/c1-6(13)8(5-12)11-4-7(3-9(11)14)10(15)16-2/h6-8,12-13H,3-5H2,1-2H3/t6-,7?,8-/m1/s1. The van der Waals surface area contributed by atoms with E-state index in [4.69, 9.17) is 5.11 Å². The maximum Gasteiger partial charge on any atom is 0.310 e. The lowest BCUT2D eigenvalue weighted by atomic mass is 10.1. The van der Waals surface area contributed by atoms with Crippen molar-refractivity contribution in [1.82, 2.24) is 4.90 Å². The fourth-order valence-corrected chi connectivity index (χ4v) is 1.89. The number of hydrogen-bond donors (Lipinski definition) is 2. The minimum Gasteiger partial charge on any atom is -0.469 e. The molecule has 2 N–H and O–H groups in total. The average Bonchev–Trinajstić information content (AvgIpc) is 2.60. The van der Waals surface area contributed by atoms with Crippen LogP contribution in [0.5, 0.6) is 0 Å². The van der Waals surface area contributed by atoms with Crippen molar-refractivity contribution in [3.05, 3.63) is 0 Å². The lowest BCUT2D eigenvalue weighted by molar-refractivity contribution is -0.145. The van der Waals surface area contributed by atoms with E-state index < -0.39 is 24.0 Å². The number of aliphatic hydroxyl groups excluding tert-OH is 2. The Hall–Kier alpha value is -1.14. The lowest BCUT2D eigenvalue weighted by Crippen LogP contribution is -2.46. The van der Waals surface area contributed by atoms with E-state index in [1.165, 1.54) is 18.9 Å². The van der Waals surface area contributed by atoms with Gasteiger partial charge in [-0.05, 0) is 6.92 Å². The minimum absolute atomic E-state index is 0.0793. The van der Waals surface area contributed by atoms with Crippen LogP contribution in [0.1, 0.15) is 13.3 Å². The Bertz CT molecular complexity index is 278. The van der Waals surface area contributed by atoms with Gasteiger partial charge in [0.05, 0.1) is 31.8 Å². The van der Waals surface area contributed by atoms with Crippen LogP contribution >= 0.6 is 0 Å². The van der Waals surface area contributed by atoms with Gasteiger partial charge in [0.2, 0.25) is 5.91 Å². The summed E-state index contributed by atoms with van der Waals surface area (Å²) in [6.07, 6.45) is -0.749. The van der Waals surface area contributed by atoms with Crippen LogP contribution in [-0.2, 0) is 14.3 Å². The molecule has 1 heterocycles. The maximum absolute atomic E-state index is 11.6. The van der Waals surface area contributed by atoms with Crippen molar-refractivity contribution in [2.75, 3.05) is 20.3 Å². The third-order valence-corrected chi connectivity index (χ3v) is 2.84. The Morgan fingerprint density at radius 1 is 1.69 bits per heavy atom. The van der Waals surface area contributed by atoms with E-state index in [1.807, 2.05) is 0 Å². The number of likely N-dealkylation sites (tertiary alicyclic amines) is 1. The predicted octanol–water partition coefficient (Wildman–Crippen LogP) is -1.25. The van der Waals surface area contributed by atoms with Gasteiger partial charge in [-0.1, -0.05) is 0 Å². The van der Waals surface area contributed by atoms with Crippen molar-refractivity contribution in [3.8, 4) is 0 Å². The zero-order chi connectivity index (χ0) is 12.3. The summed E-state index contributed by atoms with van der Waals surface area (Å²) in [5.41, 5.74) is 0. The molecular weight excluding hydrogens is 214 g/mol. The van der Waals surface area contributed by atoms with Crippen molar-refractivity contribution in [3.63, 3.8) is 0 Å². The van der Waals surface area contributed by atoms with Gasteiger partial charge in [0.1, 0.15) is 0 Å². The molecule has 0 aliphatic carbocycles. The molecule has 0 bridgehead atoms. The van der Waals surface area contributed by atoms with Gasteiger partial charge in [0.15, 0.2) is 0 Å². The molecule has 1 aliphatic rings. The highest BCUT2D eigenvalue weighted by molar-refractivity contribution is 5.87. The first kappa shape index (κ1) is 12.9. The molecule has 0 aromatic carbocycles. The first-order chi connectivity index (χ1) is 7.51. The van der Waals surface area contributed by atoms with E-state index in [0.29, 0.717) is 0 Å². The number of hydrogen-bond acceptors (Lipinski definition) is 5. The largest absolute Gasteiger partial charge is 0.469 e. The topological polar surface area (TPSA) is 87.1 Å². The van der Waals surface area contributed by atoms with E-state index in [-0.39, 0.29) is 25.5 Å². The molecule has 6 nitrogen and oxygen atoms in total. The van der Waals surface area contributed by atoms with E-state index >= 15 is 0 Å². The third kappa shape index (κ3) is 2.51. The zero-order valence-electron chi connectivity index (χ0n) is 9.42. The molecule has 3 atom stereocenters. The van der Waals surface area contributed by atoms with Gasteiger partial charge in [0.25, 0.3) is 0 Å². The molecule has 1 amide bonds. The molecule has 0 aromatic rings. The zero-order valence-corrected chi connectivity index (χ0v) is 9.42. The molecule has 6 heteroatoms. The summed E-state index contributed by atoms with van der Waals surface area (Å²) in [4.78, 5) is 24.2. The summed E-state index contributed by atoms with van der Waals surface area (Å²) in [5, 5.41) is 18.5. The lowest BCUT2D eigenvalue weighted by Gasteiger charge is -2.28. The summed E-state index contributed by atoms with van der Waals surface area (Å²) >= 11 is 0. The van der Waals surface area contributed by atoms with Gasteiger partial charge in [-0.2, -0.15) is 0 Å². The monoisotopic (exact) mass is 231 g/mol. The number of esters is 1. The highest BCUT2D eigenvalue weighted by Crippen LogP contribution is 2.22. The van der Waals surface area contributed by atoms with Crippen molar-refractivity contribution in [2.45, 2.75) is 25.5 Å². The summed E-state index contributed by atoms with van der Waals surface area (Å²) < 4.78 is 4.56. The number of rotatable bonds is 4. The van der Waals surface area contributed by atoms with Crippen LogP contribution in [0.25, 0.3) is 0 Å². The maximum atomic E-state index is 11.6. The number of nitrogens with zero attached hydrogens (tertiary/aromatic N) is 1. The van der Waals surface area contributed by atoms with Crippen molar-refractivity contribution in [2.24, 2.45) is 5.92 Å². The van der Waals surface area contributed by atoms with Gasteiger partial charge < -0.3 is 19.8 Å². The Morgan fingerprint density at radius 2 is 2.31 bits per heavy atom. The van der Waals surface area contributed by atoms with E-state index in [2.05, 4.69) is 4.74 Å². The summed E-state index contributed by atoms with van der Waals surface area (Å²) in [6.45, 7) is 1.37. The van der Waals surface area contributed by atoms with Gasteiger partial charge in [-0.25, -0.2) is 0 Å². The first-order valence-electron chi connectivity index (χ1n) is 5.17. The second-order valence-electron chi connectivity index (χ2n) is 3.96. The van der Waals surface area contributed by atoms with Gasteiger partial charge >= 0.3 is 5.97 Å². The van der Waals surface area contributed by atoms with E-state index in [0.717, 1.165) is 0 Å². The SMILES string of the molecule is COC(=O)C1CC(=O)N([C@H](CO)[C@@H](C)O)C1. The number of ether oxygens (including phenoxy) is 1. The normalized spacial score (nSPS) is 24.4. The van der Waals surface area contributed by atoms with Crippen LogP contribution in [0.2, 0.25) is 0 Å². The Kier molecular flexibility index (Phi) is 4.26. The molecule has 92 valence electrons. The number of carbonyl (C=O) groups is 2. The van der Waals surface area contributed by atoms with Crippen LogP contribution in [0.3, 0.4) is 0 Å². The van der Waals surface area contributed by atoms with Crippen LogP contribution in [0, 0.1) is 5.92 Å². The Balaban J connectivity index is 2.70. The average molecular weight is 231 g/mol. The van der Waals surface area contributed by atoms with Crippen molar-refractivity contribution < 1.29 is 24.5 Å². The van der Waals surface area contributed by atoms with Crippen LogP contribution in [0.4, 0.5) is 0 Å². The fraction of sp³-hybridized carbons (Fsp3) is 0.800. The van der Waals surface area contributed by atoms with E-state index in [1.54, 1.807) is 0 Å². The molecule has 1 saturated heterocycles. The molecule has 1 rings (SSSR count). The molecule has 0 aromatic heterocycles. The Morgan fingerprint density at radius 3 is 2.75 bits per heavy atom. The van der Waals surface area contributed by atoms with E-state index in [9.17, 15) is 14.7 Å². The van der Waals surface area contributed by atoms with Crippen LogP contribution < -0.4 is 0 Å². The predicted molar refractivity (Wildman–Crippen MR) is 54.4 cm³/mol. The second-order valence-corrected chi connectivity index (χ2v) is 3.96. The number of amides is 1. The van der Waals surface area contributed by atoms with Gasteiger partial charge in [-0.15, -0.1) is 0 Å². The van der Waals surface area contributed by atoms with Gasteiger partial charge in [0, 0.05) is 13.0 Å². The molecule has 16 heavy (non-hydrogen) atoms. The third-order valence-electron chi connectivity index (χ3n) is 2.84. The van der Waals surface area contributed by atoms with Crippen molar-refractivity contribution in [1.29, 1.82) is 0 Å². The molecule has 1 unspecified atom stereocenters. The Labute approximate surface area is 93.8 Å². The summed E-state index contributed by atoms with van der Waals surface area (Å²) in [7, 11) is 1.27. The van der Waals surface area contributed by atoms with Gasteiger partial charge in [-0.3, -0.25) is 9.59 Å². The quantitative estimate of drug-likeness (QED) is 0.590. The molecule has 0 spiro atoms. The molecule has 0 saturated carbocycles. The molecule has 1 fully saturated rings. The number of aliphatic hydroxyl groups is 2. The molecule has 0 radical (unpaired) electrons. The molecule has 1 aliphatic heterocycles. The summed E-state index contributed by atoms with van der Waals surface area (Å²) in [5.74, 6) is -1.17. The van der Waals surface area contributed by atoms with Crippen molar-refractivity contribution >= 4 is 11.9 Å².